The van der Waals surface area contributed by atoms with E-state index in [4.69, 9.17) is 22.1 Å². The summed E-state index contributed by atoms with van der Waals surface area (Å²) < 4.78 is 31.3. The molecular weight excluding hydrogens is 414 g/mol. The lowest BCUT2D eigenvalue weighted by Crippen LogP contribution is -2.16. The van der Waals surface area contributed by atoms with E-state index in [0.717, 1.165) is 5.39 Å². The lowest BCUT2D eigenvalue weighted by atomic mass is 10.1. The number of aromatic nitrogens is 1. The van der Waals surface area contributed by atoms with Crippen molar-refractivity contribution in [3.63, 3.8) is 0 Å². The van der Waals surface area contributed by atoms with Gasteiger partial charge in [0, 0.05) is 33.2 Å². The minimum Gasteiger partial charge on any atom is -0.485 e. The summed E-state index contributed by atoms with van der Waals surface area (Å²) in [7, 11) is 0. The van der Waals surface area contributed by atoms with Gasteiger partial charge in [-0.05, 0) is 41.1 Å². The molecule has 0 saturated carbocycles. The Morgan fingerprint density at radius 2 is 1.83 bits per heavy atom. The second-order valence-electron chi connectivity index (χ2n) is 6.72. The highest BCUT2D eigenvalue weighted by Gasteiger charge is 2.17. The molecular formula is C22H15ClF2N2O3. The number of H-pyrrole nitrogens is 1. The summed E-state index contributed by atoms with van der Waals surface area (Å²) in [6.07, 6.45) is -1.15. The highest BCUT2D eigenvalue weighted by atomic mass is 35.5. The third-order valence-electron chi connectivity index (χ3n) is 4.78. The van der Waals surface area contributed by atoms with Crippen LogP contribution in [0, 0.1) is 0 Å². The Balaban J connectivity index is 1.61. The van der Waals surface area contributed by atoms with Crippen molar-refractivity contribution in [2.24, 2.45) is 5.73 Å². The van der Waals surface area contributed by atoms with Crippen LogP contribution in [0.25, 0.3) is 21.7 Å². The summed E-state index contributed by atoms with van der Waals surface area (Å²) >= 11 is 5.99. The van der Waals surface area contributed by atoms with Crippen LogP contribution in [0.1, 0.15) is 32.7 Å². The van der Waals surface area contributed by atoms with E-state index in [1.807, 2.05) is 0 Å². The zero-order valence-corrected chi connectivity index (χ0v) is 16.2. The summed E-state index contributed by atoms with van der Waals surface area (Å²) in [4.78, 5) is 27.3. The van der Waals surface area contributed by atoms with Gasteiger partial charge in [0.2, 0.25) is 5.78 Å². The molecule has 0 saturated heterocycles. The molecule has 8 heteroatoms. The van der Waals surface area contributed by atoms with Gasteiger partial charge >= 0.3 is 0 Å². The van der Waals surface area contributed by atoms with Crippen LogP contribution in [-0.2, 0) is 0 Å². The minimum atomic E-state index is -2.60. The van der Waals surface area contributed by atoms with Gasteiger partial charge in [-0.3, -0.25) is 9.59 Å². The number of aromatic amines is 1. The smallest absolute Gasteiger partial charge is 0.263 e. The van der Waals surface area contributed by atoms with Gasteiger partial charge in [-0.15, -0.1) is 0 Å². The number of primary amides is 1. The van der Waals surface area contributed by atoms with Crippen LogP contribution in [0.4, 0.5) is 8.78 Å². The molecule has 4 rings (SSSR count). The second kappa shape index (κ2) is 7.76. The first-order chi connectivity index (χ1) is 14.3. The molecule has 152 valence electrons. The number of rotatable bonds is 6. The predicted molar refractivity (Wildman–Crippen MR) is 111 cm³/mol. The van der Waals surface area contributed by atoms with Crippen molar-refractivity contribution in [3.8, 4) is 5.75 Å². The molecule has 0 spiro atoms. The first-order valence-electron chi connectivity index (χ1n) is 8.92. The lowest BCUT2D eigenvalue weighted by molar-refractivity contribution is 0.0914. The van der Waals surface area contributed by atoms with Crippen molar-refractivity contribution in [2.45, 2.75) is 6.43 Å². The second-order valence-corrected chi connectivity index (χ2v) is 7.16. The first kappa shape index (κ1) is 19.8. The fourth-order valence-electron chi connectivity index (χ4n) is 3.29. The molecule has 5 nitrogen and oxygen atoms in total. The maximum absolute atomic E-state index is 12.9. The number of fused-ring (bicyclic) bond motifs is 2. The van der Waals surface area contributed by atoms with E-state index in [9.17, 15) is 18.4 Å². The third-order valence-corrected chi connectivity index (χ3v) is 5.02. The van der Waals surface area contributed by atoms with Gasteiger partial charge < -0.3 is 15.5 Å². The quantitative estimate of drug-likeness (QED) is 0.410. The summed E-state index contributed by atoms with van der Waals surface area (Å²) in [5.41, 5.74) is 6.17. The summed E-state index contributed by atoms with van der Waals surface area (Å²) in [6.45, 7) is -0.358. The maximum Gasteiger partial charge on any atom is 0.263 e. The zero-order valence-electron chi connectivity index (χ0n) is 15.4. The van der Waals surface area contributed by atoms with Crippen LogP contribution in [0.15, 0.2) is 54.7 Å². The molecule has 0 unspecified atom stereocenters. The molecule has 3 N–H and O–H groups in total. The summed E-state index contributed by atoms with van der Waals surface area (Å²) in [5.74, 6) is -0.908. The number of Topliss-reactive ketones (excluding diaryl/α,β-unsaturated/α-hetero) is 1. The number of halogens is 3. The molecule has 30 heavy (non-hydrogen) atoms. The van der Waals surface area contributed by atoms with E-state index in [1.165, 1.54) is 24.4 Å². The Labute approximate surface area is 174 Å². The molecule has 1 aromatic heterocycles. The van der Waals surface area contributed by atoms with Crippen LogP contribution < -0.4 is 10.5 Å². The Kier molecular flexibility index (Phi) is 5.13. The molecule has 0 aliphatic carbocycles. The third kappa shape index (κ3) is 3.71. The number of carbonyl (C=O) groups excluding carboxylic acids is 2. The maximum atomic E-state index is 12.9. The largest absolute Gasteiger partial charge is 0.485 e. The van der Waals surface area contributed by atoms with Crippen LogP contribution in [0.5, 0.6) is 5.75 Å². The molecule has 0 aliphatic rings. The molecule has 4 aromatic rings. The lowest BCUT2D eigenvalue weighted by Gasteiger charge is -2.11. The number of ether oxygens (including phenoxy) is 1. The number of nitrogens with one attached hydrogen (secondary N) is 1. The molecule has 1 heterocycles. The van der Waals surface area contributed by atoms with E-state index in [1.54, 1.807) is 30.3 Å². The van der Waals surface area contributed by atoms with Crippen LogP contribution >= 0.6 is 11.6 Å². The number of ketones is 1. The van der Waals surface area contributed by atoms with Crippen molar-refractivity contribution in [1.82, 2.24) is 4.98 Å². The number of alkyl halides is 2. The van der Waals surface area contributed by atoms with Gasteiger partial charge in [-0.25, -0.2) is 8.78 Å². The van der Waals surface area contributed by atoms with E-state index in [-0.39, 0.29) is 29.3 Å². The molecule has 0 fully saturated rings. The van der Waals surface area contributed by atoms with E-state index < -0.39 is 12.3 Å². The molecule has 0 radical (unpaired) electrons. The monoisotopic (exact) mass is 428 g/mol. The van der Waals surface area contributed by atoms with Gasteiger partial charge in [-0.1, -0.05) is 29.8 Å². The van der Waals surface area contributed by atoms with E-state index in [0.29, 0.717) is 26.9 Å². The minimum absolute atomic E-state index is 0.123. The topological polar surface area (TPSA) is 85.2 Å². The van der Waals surface area contributed by atoms with Gasteiger partial charge in [0.1, 0.15) is 5.75 Å². The Hall–Kier alpha value is -3.45. The van der Waals surface area contributed by atoms with E-state index >= 15 is 0 Å². The molecule has 1 amide bonds. The average molecular weight is 429 g/mol. The number of amides is 1. The number of nitrogens with two attached hydrogens (primary N) is 1. The highest BCUT2D eigenvalue weighted by molar-refractivity contribution is 6.31. The average Bonchev–Trinajstić information content (AvgIpc) is 3.14. The van der Waals surface area contributed by atoms with Gasteiger partial charge in [0.25, 0.3) is 12.3 Å². The van der Waals surface area contributed by atoms with Crippen LogP contribution in [-0.4, -0.2) is 23.3 Å². The SMILES string of the molecule is NC(=O)c1cc2cc(Cl)ccc2cc1OCC(=O)c1c[nH]c2cc(C(F)F)ccc12. The first-order valence-corrected chi connectivity index (χ1v) is 9.29. The summed E-state index contributed by atoms with van der Waals surface area (Å²) in [5, 5.41) is 2.49. The van der Waals surface area contributed by atoms with Gasteiger partial charge in [-0.2, -0.15) is 0 Å². The Morgan fingerprint density at radius 3 is 2.57 bits per heavy atom. The van der Waals surface area contributed by atoms with E-state index in [2.05, 4.69) is 4.98 Å². The normalized spacial score (nSPS) is 11.3. The van der Waals surface area contributed by atoms with Crippen LogP contribution in [0.3, 0.4) is 0 Å². The number of carbonyl (C=O) groups is 2. The highest BCUT2D eigenvalue weighted by Crippen LogP contribution is 2.29. The predicted octanol–water partition coefficient (Wildman–Crippen LogP) is 5.27. The fourth-order valence-corrected chi connectivity index (χ4v) is 3.47. The van der Waals surface area contributed by atoms with Crippen molar-refractivity contribution in [2.75, 3.05) is 6.61 Å². The Morgan fingerprint density at radius 1 is 1.03 bits per heavy atom. The van der Waals surface area contributed by atoms with Crippen LogP contribution in [0.2, 0.25) is 5.02 Å². The van der Waals surface area contributed by atoms with Crippen molar-refractivity contribution in [3.05, 3.63) is 76.4 Å². The summed E-state index contributed by atoms with van der Waals surface area (Å²) in [6, 6.07) is 12.4. The molecule has 0 atom stereocenters. The van der Waals surface area contributed by atoms with Crippen molar-refractivity contribution < 1.29 is 23.1 Å². The zero-order chi connectivity index (χ0) is 21.4. The van der Waals surface area contributed by atoms with Crippen molar-refractivity contribution in [1.29, 1.82) is 0 Å². The molecule has 0 aliphatic heterocycles. The number of benzene rings is 3. The van der Waals surface area contributed by atoms with Gasteiger partial charge in [0.05, 0.1) is 5.56 Å². The number of hydrogen-bond donors (Lipinski definition) is 2. The molecule has 3 aromatic carbocycles. The molecule has 0 bridgehead atoms. The van der Waals surface area contributed by atoms with Gasteiger partial charge in [0.15, 0.2) is 6.61 Å². The standard InChI is InChI=1S/C22H15ClF2N2O3/c23-14-3-1-11-8-20(16(22(26)29)6-13(11)5-14)30-10-19(28)17-9-27-18-7-12(21(24)25)2-4-15(17)18/h1-9,21,27H,10H2,(H2,26,29). The fraction of sp³-hybridized carbons (Fsp3) is 0.0909. The Bertz CT molecular complexity index is 1300. The number of hydrogen-bond acceptors (Lipinski definition) is 3. The van der Waals surface area contributed by atoms with Crippen molar-refractivity contribution >= 4 is 45.0 Å².